The molecule has 0 aliphatic carbocycles. The molecule has 0 aliphatic rings. The van der Waals surface area contributed by atoms with Gasteiger partial charge in [-0.15, -0.1) is 11.3 Å². The number of ketones is 1. The van der Waals surface area contributed by atoms with Gasteiger partial charge in [0.15, 0.2) is 5.78 Å². The minimum absolute atomic E-state index is 0.266. The Labute approximate surface area is 121 Å². The third-order valence-corrected chi connectivity index (χ3v) is 4.28. The molecule has 1 aromatic rings. The lowest BCUT2D eigenvalue weighted by atomic mass is 10.0. The van der Waals surface area contributed by atoms with E-state index in [0.717, 1.165) is 11.3 Å². The fraction of sp³-hybridized carbons (Fsp3) is 0.750. The lowest BCUT2D eigenvalue weighted by Gasteiger charge is -2.01. The van der Waals surface area contributed by atoms with E-state index < -0.39 is 0 Å². The molecule has 0 N–H and O–H groups in total. The van der Waals surface area contributed by atoms with Crippen molar-refractivity contribution in [1.29, 1.82) is 0 Å². The molecule has 0 atom stereocenters. The molecule has 108 valence electrons. The Morgan fingerprint density at radius 3 is 2.11 bits per heavy atom. The fourth-order valence-corrected chi connectivity index (χ4v) is 2.84. The maximum Gasteiger partial charge on any atom is 0.174 e. The van der Waals surface area contributed by atoms with Crippen LogP contribution in [0.2, 0.25) is 0 Å². The SMILES string of the molecule is CCCCCCCCCCCCC(=O)c1cncs1. The van der Waals surface area contributed by atoms with E-state index in [1.165, 1.54) is 69.1 Å². The molecular formula is C16H27NOS. The van der Waals surface area contributed by atoms with Crippen LogP contribution in [0.3, 0.4) is 0 Å². The average Bonchev–Trinajstić information content (AvgIpc) is 2.95. The first-order valence-corrected chi connectivity index (χ1v) is 8.64. The van der Waals surface area contributed by atoms with Gasteiger partial charge < -0.3 is 0 Å². The van der Waals surface area contributed by atoms with Gasteiger partial charge in [0.05, 0.1) is 10.4 Å². The van der Waals surface area contributed by atoms with E-state index in [4.69, 9.17) is 0 Å². The molecule has 0 saturated heterocycles. The summed E-state index contributed by atoms with van der Waals surface area (Å²) in [6, 6.07) is 0. The maximum atomic E-state index is 11.7. The number of carbonyl (C=O) groups excluding carboxylic acids is 1. The number of carbonyl (C=O) groups is 1. The van der Waals surface area contributed by atoms with Gasteiger partial charge in [-0.05, 0) is 6.42 Å². The minimum atomic E-state index is 0.266. The van der Waals surface area contributed by atoms with Gasteiger partial charge in [-0.3, -0.25) is 9.78 Å². The Morgan fingerprint density at radius 1 is 1.00 bits per heavy atom. The van der Waals surface area contributed by atoms with Crippen LogP contribution in [0.1, 0.15) is 87.2 Å². The summed E-state index contributed by atoms with van der Waals surface area (Å²) in [5.74, 6) is 0.266. The molecule has 0 bridgehead atoms. The highest BCUT2D eigenvalue weighted by Crippen LogP contribution is 2.14. The van der Waals surface area contributed by atoms with Crippen LogP contribution in [0, 0.1) is 0 Å². The molecule has 0 amide bonds. The van der Waals surface area contributed by atoms with Crippen molar-refractivity contribution in [3.8, 4) is 0 Å². The largest absolute Gasteiger partial charge is 0.293 e. The number of aromatic nitrogens is 1. The zero-order valence-electron chi connectivity index (χ0n) is 12.2. The predicted molar refractivity (Wildman–Crippen MR) is 82.9 cm³/mol. The molecule has 1 rings (SSSR count). The van der Waals surface area contributed by atoms with Crippen molar-refractivity contribution in [1.82, 2.24) is 4.98 Å². The maximum absolute atomic E-state index is 11.7. The van der Waals surface area contributed by atoms with Crippen molar-refractivity contribution >= 4 is 17.1 Å². The minimum Gasteiger partial charge on any atom is -0.293 e. The van der Waals surface area contributed by atoms with Crippen molar-refractivity contribution in [2.24, 2.45) is 0 Å². The molecule has 1 aromatic heterocycles. The first-order chi connectivity index (χ1) is 9.34. The molecule has 3 heteroatoms. The van der Waals surface area contributed by atoms with Gasteiger partial charge in [-0.1, -0.05) is 64.7 Å². The van der Waals surface area contributed by atoms with Gasteiger partial charge in [0, 0.05) is 12.6 Å². The molecule has 0 aliphatic heterocycles. The number of unbranched alkanes of at least 4 members (excludes halogenated alkanes) is 9. The highest BCUT2D eigenvalue weighted by Gasteiger charge is 2.06. The lowest BCUT2D eigenvalue weighted by Crippen LogP contribution is -1.95. The van der Waals surface area contributed by atoms with E-state index in [9.17, 15) is 4.79 Å². The van der Waals surface area contributed by atoms with Crippen molar-refractivity contribution in [2.45, 2.75) is 77.6 Å². The number of thiazole rings is 1. The molecule has 2 nitrogen and oxygen atoms in total. The fourth-order valence-electron chi connectivity index (χ4n) is 2.25. The number of hydrogen-bond donors (Lipinski definition) is 0. The van der Waals surface area contributed by atoms with E-state index in [-0.39, 0.29) is 5.78 Å². The van der Waals surface area contributed by atoms with Crippen molar-refractivity contribution < 1.29 is 4.79 Å². The third kappa shape index (κ3) is 8.14. The quantitative estimate of drug-likeness (QED) is 0.367. The van der Waals surface area contributed by atoms with E-state index >= 15 is 0 Å². The molecule has 0 spiro atoms. The summed E-state index contributed by atoms with van der Waals surface area (Å²) in [7, 11) is 0. The zero-order chi connectivity index (χ0) is 13.8. The Kier molecular flexibility index (Phi) is 9.60. The van der Waals surface area contributed by atoms with Crippen LogP contribution in [-0.2, 0) is 0 Å². The van der Waals surface area contributed by atoms with E-state index in [1.807, 2.05) is 0 Å². The van der Waals surface area contributed by atoms with E-state index in [2.05, 4.69) is 11.9 Å². The number of Topliss-reactive ketones (excluding diaryl/α,β-unsaturated/α-hetero) is 1. The van der Waals surface area contributed by atoms with Crippen LogP contribution in [-0.4, -0.2) is 10.8 Å². The molecular weight excluding hydrogens is 254 g/mol. The normalized spacial score (nSPS) is 10.8. The van der Waals surface area contributed by atoms with Gasteiger partial charge in [-0.2, -0.15) is 0 Å². The van der Waals surface area contributed by atoms with Gasteiger partial charge in [0.1, 0.15) is 0 Å². The Hall–Kier alpha value is -0.700. The first-order valence-electron chi connectivity index (χ1n) is 7.76. The van der Waals surface area contributed by atoms with E-state index in [0.29, 0.717) is 6.42 Å². The molecule has 0 saturated carbocycles. The highest BCUT2D eigenvalue weighted by molar-refractivity contribution is 7.11. The van der Waals surface area contributed by atoms with E-state index in [1.54, 1.807) is 11.7 Å². The monoisotopic (exact) mass is 281 g/mol. The summed E-state index contributed by atoms with van der Waals surface area (Å²) in [6.07, 6.45) is 15.5. The highest BCUT2D eigenvalue weighted by atomic mass is 32.1. The van der Waals surface area contributed by atoms with Crippen LogP contribution >= 0.6 is 11.3 Å². The second-order valence-corrected chi connectivity index (χ2v) is 6.11. The second-order valence-electron chi connectivity index (χ2n) is 5.22. The smallest absolute Gasteiger partial charge is 0.174 e. The molecule has 0 radical (unpaired) electrons. The summed E-state index contributed by atoms with van der Waals surface area (Å²) < 4.78 is 0. The summed E-state index contributed by atoms with van der Waals surface area (Å²) in [5, 5.41) is 0. The third-order valence-electron chi connectivity index (χ3n) is 3.46. The molecule has 0 unspecified atom stereocenters. The van der Waals surface area contributed by atoms with Crippen LogP contribution in [0.4, 0.5) is 0 Å². The first kappa shape index (κ1) is 16.4. The summed E-state index contributed by atoms with van der Waals surface area (Å²) in [4.78, 5) is 16.5. The van der Waals surface area contributed by atoms with Gasteiger partial charge in [0.25, 0.3) is 0 Å². The molecule has 1 heterocycles. The lowest BCUT2D eigenvalue weighted by molar-refractivity contribution is 0.0983. The van der Waals surface area contributed by atoms with Gasteiger partial charge in [-0.25, -0.2) is 0 Å². The number of rotatable bonds is 12. The van der Waals surface area contributed by atoms with Crippen molar-refractivity contribution in [3.05, 3.63) is 16.6 Å². The Morgan fingerprint density at radius 2 is 1.58 bits per heavy atom. The Balaban J connectivity index is 1.85. The molecule has 19 heavy (non-hydrogen) atoms. The topological polar surface area (TPSA) is 30.0 Å². The van der Waals surface area contributed by atoms with Crippen molar-refractivity contribution in [2.75, 3.05) is 0 Å². The van der Waals surface area contributed by atoms with Gasteiger partial charge in [0.2, 0.25) is 0 Å². The van der Waals surface area contributed by atoms with Crippen LogP contribution in [0.25, 0.3) is 0 Å². The Bertz CT molecular complexity index is 321. The van der Waals surface area contributed by atoms with Crippen LogP contribution in [0.5, 0.6) is 0 Å². The number of nitrogens with zero attached hydrogens (tertiary/aromatic N) is 1. The standard InChI is InChI=1S/C16H27NOS/c1-2-3-4-5-6-7-8-9-10-11-12-15(18)16-13-17-14-19-16/h13-14H,2-12H2,1H3. The molecule has 0 fully saturated rings. The second kappa shape index (κ2) is 11.2. The van der Waals surface area contributed by atoms with Gasteiger partial charge >= 0.3 is 0 Å². The zero-order valence-corrected chi connectivity index (χ0v) is 13.0. The van der Waals surface area contributed by atoms with Crippen LogP contribution in [0.15, 0.2) is 11.7 Å². The van der Waals surface area contributed by atoms with Crippen LogP contribution < -0.4 is 0 Å². The number of hydrogen-bond acceptors (Lipinski definition) is 3. The molecule has 0 aromatic carbocycles. The predicted octanol–water partition coefficient (Wildman–Crippen LogP) is 5.64. The van der Waals surface area contributed by atoms with Crippen molar-refractivity contribution in [3.63, 3.8) is 0 Å². The average molecular weight is 281 g/mol. The summed E-state index contributed by atoms with van der Waals surface area (Å²) in [5.41, 5.74) is 1.73. The summed E-state index contributed by atoms with van der Waals surface area (Å²) in [6.45, 7) is 2.26. The summed E-state index contributed by atoms with van der Waals surface area (Å²) >= 11 is 1.45.